The molecule has 0 bridgehead atoms. The molecule has 1 aliphatic rings. The Hall–Kier alpha value is -5.69. The Kier molecular flexibility index (Phi) is 8.39. The third-order valence-corrected chi connectivity index (χ3v) is 8.49. The Balaban J connectivity index is 1.32. The molecule has 1 aliphatic heterocycles. The Morgan fingerprint density at radius 1 is 1.08 bits per heavy atom. The molecule has 246 valence electrons. The van der Waals surface area contributed by atoms with Crippen LogP contribution in [0.4, 0.5) is 15.9 Å². The van der Waals surface area contributed by atoms with Crippen LogP contribution in [-0.2, 0) is 15.8 Å². The molecule has 0 aliphatic carbocycles. The van der Waals surface area contributed by atoms with Crippen LogP contribution in [-0.4, -0.2) is 57.6 Å². The van der Waals surface area contributed by atoms with E-state index < -0.39 is 22.7 Å². The largest absolute Gasteiger partial charge is 0.489 e. The zero-order valence-electron chi connectivity index (χ0n) is 26.7. The van der Waals surface area contributed by atoms with E-state index >= 15 is 0 Å². The van der Waals surface area contributed by atoms with Crippen molar-refractivity contribution in [3.8, 4) is 28.9 Å². The molecular weight excluding hydrogens is 619 g/mol. The minimum Gasteiger partial charge on any atom is -0.489 e. The van der Waals surface area contributed by atoms with E-state index in [1.54, 1.807) is 50.4 Å². The first-order valence-electron chi connectivity index (χ1n) is 15.0. The van der Waals surface area contributed by atoms with Gasteiger partial charge in [0.05, 0.1) is 31.1 Å². The zero-order chi connectivity index (χ0) is 34.2. The second-order valence-corrected chi connectivity index (χ2v) is 11.9. The number of nitrogens with zero attached hydrogens (tertiary/aromatic N) is 4. The number of benzene rings is 2. The third kappa shape index (κ3) is 6.07. The lowest BCUT2D eigenvalue weighted by Gasteiger charge is -2.26. The van der Waals surface area contributed by atoms with Gasteiger partial charge in [-0.2, -0.15) is 9.97 Å². The molecule has 2 aromatic carbocycles. The van der Waals surface area contributed by atoms with Gasteiger partial charge in [-0.15, -0.1) is 0 Å². The predicted molar refractivity (Wildman–Crippen MR) is 175 cm³/mol. The highest BCUT2D eigenvalue weighted by Crippen LogP contribution is 2.46. The SMILES string of the molecule is COc1cc(Nc2cc(C(=O)CC[C@](C)(O)c3cc4c(c(-c5ccc(F)cc5)n3)OC[C@]4(C)C(N)=O)cc3cccnc23)nc(OC)n1. The van der Waals surface area contributed by atoms with E-state index in [0.717, 1.165) is 0 Å². The second kappa shape index (κ2) is 12.5. The molecule has 13 heteroatoms. The number of nitrogens with two attached hydrogens (primary N) is 1. The van der Waals surface area contributed by atoms with E-state index in [4.69, 9.17) is 24.9 Å². The number of halogens is 1. The second-order valence-electron chi connectivity index (χ2n) is 11.9. The Bertz CT molecular complexity index is 2030. The number of ether oxygens (including phenoxy) is 3. The predicted octanol–water partition coefficient (Wildman–Crippen LogP) is 4.99. The average molecular weight is 653 g/mol. The van der Waals surface area contributed by atoms with E-state index in [0.29, 0.717) is 50.5 Å². The number of ketones is 1. The number of pyridine rings is 2. The first kappa shape index (κ1) is 32.3. The average Bonchev–Trinajstić information content (AvgIpc) is 3.44. The molecule has 48 heavy (non-hydrogen) atoms. The number of hydrogen-bond donors (Lipinski definition) is 3. The maximum atomic E-state index is 13.8. The van der Waals surface area contributed by atoms with Gasteiger partial charge >= 0.3 is 6.01 Å². The molecule has 0 spiro atoms. The van der Waals surface area contributed by atoms with Crippen molar-refractivity contribution in [1.29, 1.82) is 0 Å². The number of aromatic nitrogens is 4. The van der Waals surface area contributed by atoms with Crippen LogP contribution in [0.3, 0.4) is 0 Å². The molecule has 4 N–H and O–H groups in total. The maximum Gasteiger partial charge on any atom is 0.321 e. The van der Waals surface area contributed by atoms with Gasteiger partial charge in [0.2, 0.25) is 11.8 Å². The van der Waals surface area contributed by atoms with Crippen LogP contribution in [0.1, 0.15) is 48.3 Å². The third-order valence-electron chi connectivity index (χ3n) is 8.49. The standard InChI is InChI=1S/C35H33FN6O6/c1-34(32(37)44)18-48-31-23(34)16-26(40-30(31)19-7-9-22(36)10-8-19)35(2,45)12-11-25(43)21-14-20-6-5-13-38-29(20)24(15-21)39-27-17-28(46-3)42-33(41-27)47-4/h5-10,13-17,45H,11-12,18H2,1-4H3,(H2,37,44)(H,39,41,42)/t34-,35-/m0/s1. The minimum atomic E-state index is -1.62. The van der Waals surface area contributed by atoms with Crippen molar-refractivity contribution in [3.05, 3.63) is 89.5 Å². The summed E-state index contributed by atoms with van der Waals surface area (Å²) >= 11 is 0. The van der Waals surface area contributed by atoms with Crippen LogP contribution in [0.2, 0.25) is 0 Å². The number of amides is 1. The van der Waals surface area contributed by atoms with Gasteiger partial charge in [0.1, 0.15) is 40.7 Å². The van der Waals surface area contributed by atoms with Crippen LogP contribution in [0.5, 0.6) is 17.6 Å². The van der Waals surface area contributed by atoms with Gasteiger partial charge in [-0.05, 0) is 68.8 Å². The summed E-state index contributed by atoms with van der Waals surface area (Å²) in [6, 6.07) is 15.9. The lowest BCUT2D eigenvalue weighted by molar-refractivity contribution is -0.123. The number of rotatable bonds is 11. The number of methoxy groups -OCH3 is 2. The molecule has 0 saturated carbocycles. The van der Waals surface area contributed by atoms with E-state index in [9.17, 15) is 19.1 Å². The molecule has 0 radical (unpaired) electrons. The maximum absolute atomic E-state index is 13.8. The quantitative estimate of drug-likeness (QED) is 0.164. The van der Waals surface area contributed by atoms with Crippen molar-refractivity contribution in [2.24, 2.45) is 5.73 Å². The van der Waals surface area contributed by atoms with Gasteiger partial charge in [0.25, 0.3) is 0 Å². The smallest absolute Gasteiger partial charge is 0.321 e. The van der Waals surface area contributed by atoms with Gasteiger partial charge < -0.3 is 30.4 Å². The number of hydrogen-bond acceptors (Lipinski definition) is 11. The summed E-state index contributed by atoms with van der Waals surface area (Å²) in [7, 11) is 2.92. The molecule has 6 rings (SSSR count). The van der Waals surface area contributed by atoms with Crippen molar-refractivity contribution >= 4 is 34.1 Å². The number of primary amides is 1. The fraction of sp³-hybridized carbons (Fsp3) is 0.257. The van der Waals surface area contributed by atoms with Crippen LogP contribution >= 0.6 is 0 Å². The van der Waals surface area contributed by atoms with Crippen LogP contribution in [0.25, 0.3) is 22.2 Å². The number of carbonyl (C=O) groups is 2. The monoisotopic (exact) mass is 652 g/mol. The lowest BCUT2D eigenvalue weighted by atomic mass is 9.81. The highest BCUT2D eigenvalue weighted by molar-refractivity contribution is 6.03. The minimum absolute atomic E-state index is 0.0111. The Labute approximate surface area is 275 Å². The van der Waals surface area contributed by atoms with Crippen LogP contribution in [0, 0.1) is 5.82 Å². The molecule has 12 nitrogen and oxygen atoms in total. The summed E-state index contributed by atoms with van der Waals surface area (Å²) < 4.78 is 30.1. The Morgan fingerprint density at radius 2 is 1.85 bits per heavy atom. The fourth-order valence-corrected chi connectivity index (χ4v) is 5.55. The number of anilines is 2. The van der Waals surface area contributed by atoms with Gasteiger partial charge in [0.15, 0.2) is 5.78 Å². The first-order valence-corrected chi connectivity index (χ1v) is 15.0. The first-order chi connectivity index (χ1) is 22.9. The fourth-order valence-electron chi connectivity index (χ4n) is 5.55. The normalized spacial score (nSPS) is 16.5. The van der Waals surface area contributed by atoms with Gasteiger partial charge in [-0.1, -0.05) is 6.07 Å². The number of Topliss-reactive ketones (excluding diaryl/α,β-unsaturated/α-hetero) is 1. The van der Waals surface area contributed by atoms with Gasteiger partial charge in [-0.25, -0.2) is 9.37 Å². The molecular formula is C35H33FN6O6. The molecule has 0 saturated heterocycles. The summed E-state index contributed by atoms with van der Waals surface area (Å²) in [5.74, 6) is -0.299. The molecule has 5 aromatic rings. The summed E-state index contributed by atoms with van der Waals surface area (Å²) in [6.07, 6.45) is 1.58. The van der Waals surface area contributed by atoms with E-state index in [1.165, 1.54) is 38.5 Å². The molecule has 0 fully saturated rings. The number of aliphatic hydroxyl groups is 1. The molecule has 1 amide bonds. The topological polar surface area (TPSA) is 172 Å². The van der Waals surface area contributed by atoms with Crippen LogP contribution in [0.15, 0.2) is 66.9 Å². The highest BCUT2D eigenvalue weighted by atomic mass is 19.1. The molecule has 4 heterocycles. The van der Waals surface area contributed by atoms with Gasteiger partial charge in [0, 0.05) is 40.8 Å². The number of nitrogens with one attached hydrogen (secondary N) is 1. The van der Waals surface area contributed by atoms with Crippen molar-refractivity contribution in [2.45, 2.75) is 37.7 Å². The van der Waals surface area contributed by atoms with Crippen molar-refractivity contribution in [2.75, 3.05) is 26.1 Å². The van der Waals surface area contributed by atoms with Gasteiger partial charge in [-0.3, -0.25) is 14.6 Å². The van der Waals surface area contributed by atoms with Crippen LogP contribution < -0.4 is 25.3 Å². The highest BCUT2D eigenvalue weighted by Gasteiger charge is 2.45. The summed E-state index contributed by atoms with van der Waals surface area (Å²) in [6.45, 7) is 3.19. The number of carbonyl (C=O) groups excluding carboxylic acids is 2. The lowest BCUT2D eigenvalue weighted by Crippen LogP contribution is -2.40. The van der Waals surface area contributed by atoms with Crippen molar-refractivity contribution in [1.82, 2.24) is 19.9 Å². The zero-order valence-corrected chi connectivity index (χ0v) is 26.7. The summed E-state index contributed by atoms with van der Waals surface area (Å²) in [4.78, 5) is 43.9. The van der Waals surface area contributed by atoms with E-state index in [-0.39, 0.29) is 42.8 Å². The summed E-state index contributed by atoms with van der Waals surface area (Å²) in [5, 5.41) is 15.7. The molecule has 0 unspecified atom stereocenters. The Morgan fingerprint density at radius 3 is 2.56 bits per heavy atom. The summed E-state index contributed by atoms with van der Waals surface area (Å²) in [5.41, 5.74) is 6.00. The van der Waals surface area contributed by atoms with Crippen molar-refractivity contribution < 1.29 is 33.3 Å². The molecule has 2 atom stereocenters. The number of fused-ring (bicyclic) bond motifs is 2. The molecule has 3 aromatic heterocycles. The van der Waals surface area contributed by atoms with Crippen molar-refractivity contribution in [3.63, 3.8) is 0 Å². The van der Waals surface area contributed by atoms with E-state index in [1.807, 2.05) is 6.07 Å². The van der Waals surface area contributed by atoms with E-state index in [2.05, 4.69) is 20.3 Å².